The molecule has 0 atom stereocenters. The number of carbonyl (C=O) groups excluding carboxylic acids is 1. The zero-order chi connectivity index (χ0) is 15.6. The molecule has 1 heterocycles. The molecule has 1 aromatic heterocycles. The number of nitrogens with one attached hydrogen (secondary N) is 1. The van der Waals surface area contributed by atoms with Gasteiger partial charge in [-0.25, -0.2) is 0 Å². The zero-order valence-electron chi connectivity index (χ0n) is 11.7. The van der Waals surface area contributed by atoms with Gasteiger partial charge in [-0.2, -0.15) is 0 Å². The average Bonchev–Trinajstić information content (AvgIpc) is 2.74. The van der Waals surface area contributed by atoms with Crippen LogP contribution in [-0.4, -0.2) is 10.8 Å². The third-order valence-corrected chi connectivity index (χ3v) is 4.28. The van der Waals surface area contributed by atoms with E-state index in [4.69, 9.17) is 5.73 Å². The van der Waals surface area contributed by atoms with Gasteiger partial charge in [0.15, 0.2) is 0 Å². The lowest BCUT2D eigenvalue weighted by atomic mass is 10.1. The Bertz CT molecular complexity index is 690. The Balaban J connectivity index is 2.06. The standard InChI is InChI=1S/C14H15N3O3S/c1-8-5-11(21-9(8)2)7-16-14(18)10-3-4-13(17(19)20)12(15)6-10/h3-6H,7,15H2,1-2H3,(H,16,18). The van der Waals surface area contributed by atoms with Crippen molar-refractivity contribution in [1.29, 1.82) is 0 Å². The quantitative estimate of drug-likeness (QED) is 0.515. The van der Waals surface area contributed by atoms with Crippen LogP contribution in [0.15, 0.2) is 24.3 Å². The van der Waals surface area contributed by atoms with Gasteiger partial charge in [0, 0.05) is 21.4 Å². The SMILES string of the molecule is Cc1cc(CNC(=O)c2ccc([N+](=O)[O-])c(N)c2)sc1C. The Morgan fingerprint density at radius 2 is 2.10 bits per heavy atom. The summed E-state index contributed by atoms with van der Waals surface area (Å²) in [7, 11) is 0. The predicted octanol–water partition coefficient (Wildman–Crippen LogP) is 2.79. The molecule has 0 saturated heterocycles. The van der Waals surface area contributed by atoms with E-state index in [0.717, 1.165) is 4.88 Å². The molecule has 7 heteroatoms. The molecule has 21 heavy (non-hydrogen) atoms. The van der Waals surface area contributed by atoms with Gasteiger partial charge in [-0.3, -0.25) is 14.9 Å². The van der Waals surface area contributed by atoms with Gasteiger partial charge in [-0.15, -0.1) is 11.3 Å². The highest BCUT2D eigenvalue weighted by Gasteiger charge is 2.14. The first-order chi connectivity index (χ1) is 9.88. The molecule has 2 rings (SSSR count). The number of thiophene rings is 1. The van der Waals surface area contributed by atoms with E-state index in [-0.39, 0.29) is 17.3 Å². The molecule has 1 amide bonds. The van der Waals surface area contributed by atoms with E-state index in [2.05, 4.69) is 5.32 Å². The smallest absolute Gasteiger partial charge is 0.292 e. The fourth-order valence-corrected chi connectivity index (χ4v) is 2.86. The summed E-state index contributed by atoms with van der Waals surface area (Å²) in [5.41, 5.74) is 6.86. The van der Waals surface area contributed by atoms with Gasteiger partial charge in [0.2, 0.25) is 0 Å². The fourth-order valence-electron chi connectivity index (χ4n) is 1.87. The van der Waals surface area contributed by atoms with Crippen molar-refractivity contribution in [1.82, 2.24) is 5.32 Å². The third-order valence-electron chi connectivity index (χ3n) is 3.13. The van der Waals surface area contributed by atoms with Crippen LogP contribution in [0.1, 0.15) is 25.7 Å². The maximum atomic E-state index is 12.0. The highest BCUT2D eigenvalue weighted by atomic mass is 32.1. The van der Waals surface area contributed by atoms with Crippen molar-refractivity contribution in [3.8, 4) is 0 Å². The highest BCUT2D eigenvalue weighted by molar-refractivity contribution is 7.12. The summed E-state index contributed by atoms with van der Waals surface area (Å²) >= 11 is 1.63. The fraction of sp³-hybridized carbons (Fsp3) is 0.214. The number of hydrogen-bond donors (Lipinski definition) is 2. The van der Waals surface area contributed by atoms with Gasteiger partial charge in [0.05, 0.1) is 11.5 Å². The number of aryl methyl sites for hydroxylation is 2. The molecule has 2 aromatic rings. The van der Waals surface area contributed by atoms with Crippen LogP contribution >= 0.6 is 11.3 Å². The molecular weight excluding hydrogens is 290 g/mol. The number of rotatable bonds is 4. The average molecular weight is 305 g/mol. The van der Waals surface area contributed by atoms with E-state index >= 15 is 0 Å². The van der Waals surface area contributed by atoms with Crippen LogP contribution in [0.2, 0.25) is 0 Å². The van der Waals surface area contributed by atoms with Gasteiger partial charge < -0.3 is 11.1 Å². The Kier molecular flexibility index (Phi) is 4.23. The Hall–Kier alpha value is -2.41. The van der Waals surface area contributed by atoms with Crippen LogP contribution in [0.25, 0.3) is 0 Å². The summed E-state index contributed by atoms with van der Waals surface area (Å²) in [4.78, 5) is 24.4. The van der Waals surface area contributed by atoms with Crippen molar-refractivity contribution >= 4 is 28.6 Å². The zero-order valence-corrected chi connectivity index (χ0v) is 12.5. The van der Waals surface area contributed by atoms with Crippen molar-refractivity contribution < 1.29 is 9.72 Å². The van der Waals surface area contributed by atoms with Crippen molar-refractivity contribution in [2.45, 2.75) is 20.4 Å². The summed E-state index contributed by atoms with van der Waals surface area (Å²) in [5.74, 6) is -0.305. The maximum Gasteiger partial charge on any atom is 0.292 e. The molecular formula is C14H15N3O3S. The molecule has 0 unspecified atom stereocenters. The minimum atomic E-state index is -0.575. The maximum absolute atomic E-state index is 12.0. The number of benzene rings is 1. The second-order valence-corrected chi connectivity index (χ2v) is 6.01. The molecule has 0 aliphatic heterocycles. The molecule has 1 aromatic carbocycles. The Morgan fingerprint density at radius 3 is 2.62 bits per heavy atom. The minimum Gasteiger partial charge on any atom is -0.393 e. The third kappa shape index (κ3) is 3.38. The molecule has 3 N–H and O–H groups in total. The van der Waals surface area contributed by atoms with Crippen LogP contribution in [0.3, 0.4) is 0 Å². The lowest BCUT2D eigenvalue weighted by Gasteiger charge is -2.05. The van der Waals surface area contributed by atoms with Gasteiger partial charge in [-0.1, -0.05) is 0 Å². The largest absolute Gasteiger partial charge is 0.393 e. The van der Waals surface area contributed by atoms with Crippen LogP contribution in [0.4, 0.5) is 11.4 Å². The second-order valence-electron chi connectivity index (χ2n) is 4.67. The highest BCUT2D eigenvalue weighted by Crippen LogP contribution is 2.23. The van der Waals surface area contributed by atoms with Crippen molar-refractivity contribution in [2.75, 3.05) is 5.73 Å². The first-order valence-corrected chi connectivity index (χ1v) is 7.08. The van der Waals surface area contributed by atoms with Gasteiger partial charge in [0.1, 0.15) is 5.69 Å². The predicted molar refractivity (Wildman–Crippen MR) is 82.5 cm³/mol. The number of nitro groups is 1. The summed E-state index contributed by atoms with van der Waals surface area (Å²) in [6.07, 6.45) is 0. The summed E-state index contributed by atoms with van der Waals surface area (Å²) in [6, 6.07) is 5.99. The lowest BCUT2D eigenvalue weighted by Crippen LogP contribution is -2.22. The molecule has 0 fully saturated rings. The van der Waals surface area contributed by atoms with Crippen molar-refractivity contribution in [3.63, 3.8) is 0 Å². The molecule has 0 aliphatic rings. The normalized spacial score (nSPS) is 10.4. The van der Waals surface area contributed by atoms with Gasteiger partial charge in [0.25, 0.3) is 11.6 Å². The van der Waals surface area contributed by atoms with Gasteiger partial charge in [-0.05, 0) is 37.6 Å². The van der Waals surface area contributed by atoms with E-state index in [1.165, 1.54) is 28.6 Å². The molecule has 6 nitrogen and oxygen atoms in total. The number of amides is 1. The lowest BCUT2D eigenvalue weighted by molar-refractivity contribution is -0.383. The van der Waals surface area contributed by atoms with Crippen molar-refractivity contribution in [2.24, 2.45) is 0 Å². The molecule has 110 valence electrons. The van der Waals surface area contributed by atoms with Crippen LogP contribution in [0.5, 0.6) is 0 Å². The number of nitrogen functional groups attached to an aromatic ring is 1. The van der Waals surface area contributed by atoms with E-state index < -0.39 is 4.92 Å². The van der Waals surface area contributed by atoms with E-state index in [1.807, 2.05) is 19.9 Å². The topological polar surface area (TPSA) is 98.3 Å². The number of nitro benzene ring substituents is 1. The molecule has 0 radical (unpaired) electrons. The number of anilines is 1. The Labute approximate surface area is 125 Å². The molecule has 0 spiro atoms. The number of nitrogens with two attached hydrogens (primary N) is 1. The molecule has 0 bridgehead atoms. The molecule has 0 aliphatic carbocycles. The number of carbonyl (C=O) groups is 1. The van der Waals surface area contributed by atoms with Crippen molar-refractivity contribution in [3.05, 3.63) is 55.3 Å². The van der Waals surface area contributed by atoms with Gasteiger partial charge >= 0.3 is 0 Å². The number of nitrogens with zero attached hydrogens (tertiary/aromatic N) is 1. The first kappa shape index (κ1) is 15.0. The summed E-state index contributed by atoms with van der Waals surface area (Å²) in [5, 5.41) is 13.5. The van der Waals surface area contributed by atoms with Crippen LogP contribution < -0.4 is 11.1 Å². The monoisotopic (exact) mass is 305 g/mol. The molecule has 0 saturated carbocycles. The van der Waals surface area contributed by atoms with Crippen LogP contribution in [-0.2, 0) is 6.54 Å². The second kappa shape index (κ2) is 5.92. The van der Waals surface area contributed by atoms with E-state index in [0.29, 0.717) is 12.1 Å². The summed E-state index contributed by atoms with van der Waals surface area (Å²) < 4.78 is 0. The summed E-state index contributed by atoms with van der Waals surface area (Å²) in [6.45, 7) is 4.48. The number of hydrogen-bond acceptors (Lipinski definition) is 5. The van der Waals surface area contributed by atoms with E-state index in [9.17, 15) is 14.9 Å². The van der Waals surface area contributed by atoms with Crippen LogP contribution in [0, 0.1) is 24.0 Å². The Morgan fingerprint density at radius 1 is 1.38 bits per heavy atom. The minimum absolute atomic E-state index is 0.0181. The first-order valence-electron chi connectivity index (χ1n) is 6.26. The van der Waals surface area contributed by atoms with E-state index in [1.54, 1.807) is 11.3 Å².